The van der Waals surface area contributed by atoms with Gasteiger partial charge in [0.1, 0.15) is 5.82 Å². The van der Waals surface area contributed by atoms with Crippen LogP contribution >= 0.6 is 11.6 Å². The minimum atomic E-state index is -0.263. The molecular weight excluding hydrogens is 455 g/mol. The van der Waals surface area contributed by atoms with Crippen molar-refractivity contribution < 1.29 is 18.7 Å². The summed E-state index contributed by atoms with van der Waals surface area (Å²) in [7, 11) is 3.23. The Morgan fingerprint density at radius 3 is 2.47 bits per heavy atom. The topological polar surface area (TPSA) is 50.8 Å². The molecule has 178 valence electrons. The lowest BCUT2D eigenvalue weighted by molar-refractivity contribution is 0.0877. The van der Waals surface area contributed by atoms with E-state index in [4.69, 9.17) is 21.1 Å². The van der Waals surface area contributed by atoms with E-state index in [0.29, 0.717) is 28.6 Å². The first-order valence-electron chi connectivity index (χ1n) is 11.2. The van der Waals surface area contributed by atoms with Gasteiger partial charge in [-0.05, 0) is 66.4 Å². The SMILES string of the molecule is COc1cc2c(cc1OC)C(C(C)NC(=O)c1ccccc1Cl)N(Cc1ccc(F)cc1)CC2. The van der Waals surface area contributed by atoms with E-state index in [1.165, 1.54) is 12.1 Å². The molecule has 1 amide bonds. The fourth-order valence-electron chi connectivity index (χ4n) is 4.62. The first-order chi connectivity index (χ1) is 16.4. The summed E-state index contributed by atoms with van der Waals surface area (Å²) in [5.74, 6) is 0.827. The van der Waals surface area contributed by atoms with Crippen LogP contribution in [0, 0.1) is 5.82 Å². The molecule has 0 spiro atoms. The molecule has 0 bridgehead atoms. The van der Waals surface area contributed by atoms with Gasteiger partial charge in [0.25, 0.3) is 5.91 Å². The van der Waals surface area contributed by atoms with E-state index in [2.05, 4.69) is 10.2 Å². The quantitative estimate of drug-likeness (QED) is 0.489. The van der Waals surface area contributed by atoms with Crippen LogP contribution in [0.2, 0.25) is 5.02 Å². The highest BCUT2D eigenvalue weighted by Crippen LogP contribution is 2.40. The fourth-order valence-corrected chi connectivity index (χ4v) is 4.85. The van der Waals surface area contributed by atoms with Crippen LogP contribution in [-0.2, 0) is 13.0 Å². The molecule has 0 saturated heterocycles. The Morgan fingerprint density at radius 2 is 1.79 bits per heavy atom. The van der Waals surface area contributed by atoms with Gasteiger partial charge < -0.3 is 14.8 Å². The number of fused-ring (bicyclic) bond motifs is 1. The van der Waals surface area contributed by atoms with E-state index in [1.807, 2.05) is 19.1 Å². The third kappa shape index (κ3) is 5.03. The van der Waals surface area contributed by atoms with Crippen LogP contribution < -0.4 is 14.8 Å². The molecule has 7 heteroatoms. The number of halogens is 2. The largest absolute Gasteiger partial charge is 0.493 e. The summed E-state index contributed by atoms with van der Waals surface area (Å²) >= 11 is 6.26. The van der Waals surface area contributed by atoms with Crippen molar-refractivity contribution in [2.45, 2.75) is 32.0 Å². The molecule has 3 aromatic rings. The second-order valence-corrected chi connectivity index (χ2v) is 8.85. The number of rotatable bonds is 7. The van der Waals surface area contributed by atoms with E-state index < -0.39 is 0 Å². The minimum absolute atomic E-state index is 0.139. The summed E-state index contributed by atoms with van der Waals surface area (Å²) in [6.45, 7) is 3.38. The smallest absolute Gasteiger partial charge is 0.253 e. The molecule has 3 aromatic carbocycles. The van der Waals surface area contributed by atoms with Gasteiger partial charge in [-0.15, -0.1) is 0 Å². The van der Waals surface area contributed by atoms with Crippen LogP contribution in [0.1, 0.15) is 40.0 Å². The predicted octanol–water partition coefficient (Wildman–Crippen LogP) is 5.41. The number of nitrogens with one attached hydrogen (secondary N) is 1. The van der Waals surface area contributed by atoms with E-state index in [0.717, 1.165) is 29.7 Å². The van der Waals surface area contributed by atoms with Crippen LogP contribution in [-0.4, -0.2) is 37.6 Å². The number of ether oxygens (including phenoxy) is 2. The second kappa shape index (κ2) is 10.5. The molecule has 5 nitrogen and oxygen atoms in total. The Hall–Kier alpha value is -3.09. The second-order valence-electron chi connectivity index (χ2n) is 8.44. The van der Waals surface area contributed by atoms with Crippen molar-refractivity contribution in [2.24, 2.45) is 0 Å². The lowest BCUT2D eigenvalue weighted by Gasteiger charge is -2.41. The molecule has 4 rings (SSSR count). The van der Waals surface area contributed by atoms with Gasteiger partial charge in [-0.25, -0.2) is 4.39 Å². The van der Waals surface area contributed by atoms with Crippen molar-refractivity contribution in [1.29, 1.82) is 0 Å². The lowest BCUT2D eigenvalue weighted by Crippen LogP contribution is -2.47. The van der Waals surface area contributed by atoms with E-state index in [9.17, 15) is 9.18 Å². The standard InChI is InChI=1S/C27H28ClFN2O3/c1-17(30-27(32)21-6-4-5-7-23(21)28)26-22-15-25(34-3)24(33-2)14-19(22)12-13-31(26)16-18-8-10-20(29)11-9-18/h4-11,14-15,17,26H,12-13,16H2,1-3H3,(H,30,32). The third-order valence-corrected chi connectivity index (χ3v) is 6.61. The molecule has 2 atom stereocenters. The van der Waals surface area contributed by atoms with Gasteiger partial charge in [0.05, 0.1) is 30.8 Å². The summed E-state index contributed by atoms with van der Waals surface area (Å²) in [5.41, 5.74) is 3.65. The molecule has 0 aliphatic carbocycles. The van der Waals surface area contributed by atoms with Gasteiger partial charge in [0.2, 0.25) is 0 Å². The van der Waals surface area contributed by atoms with Crippen molar-refractivity contribution in [3.63, 3.8) is 0 Å². The number of carbonyl (C=O) groups is 1. The fraction of sp³-hybridized carbons (Fsp3) is 0.296. The first kappa shape index (κ1) is 24.0. The number of methoxy groups -OCH3 is 2. The highest BCUT2D eigenvalue weighted by atomic mass is 35.5. The van der Waals surface area contributed by atoms with E-state index in [1.54, 1.807) is 50.6 Å². The Balaban J connectivity index is 1.69. The van der Waals surface area contributed by atoms with Crippen molar-refractivity contribution >= 4 is 17.5 Å². The summed E-state index contributed by atoms with van der Waals surface area (Å²) in [6.07, 6.45) is 0.818. The number of carbonyl (C=O) groups excluding carboxylic acids is 1. The summed E-state index contributed by atoms with van der Waals surface area (Å²) in [6, 6.07) is 17.2. The highest BCUT2D eigenvalue weighted by Gasteiger charge is 2.34. The normalized spacial score (nSPS) is 16.4. The van der Waals surface area contributed by atoms with E-state index >= 15 is 0 Å². The molecule has 0 aromatic heterocycles. The molecule has 34 heavy (non-hydrogen) atoms. The van der Waals surface area contributed by atoms with Crippen molar-refractivity contribution in [3.8, 4) is 11.5 Å². The van der Waals surface area contributed by atoms with Crippen molar-refractivity contribution in [3.05, 3.63) is 93.8 Å². The molecule has 2 unspecified atom stereocenters. The highest BCUT2D eigenvalue weighted by molar-refractivity contribution is 6.33. The van der Waals surface area contributed by atoms with Crippen LogP contribution in [0.3, 0.4) is 0 Å². The van der Waals surface area contributed by atoms with Gasteiger partial charge >= 0.3 is 0 Å². The molecule has 0 fully saturated rings. The maximum absolute atomic E-state index is 13.5. The average molecular weight is 483 g/mol. The Morgan fingerprint density at radius 1 is 1.12 bits per heavy atom. The van der Waals surface area contributed by atoms with Gasteiger partial charge in [-0.2, -0.15) is 0 Å². The monoisotopic (exact) mass is 482 g/mol. The zero-order chi connectivity index (χ0) is 24.2. The number of nitrogens with zero attached hydrogens (tertiary/aromatic N) is 1. The zero-order valence-electron chi connectivity index (χ0n) is 19.5. The average Bonchev–Trinajstić information content (AvgIpc) is 2.84. The number of amides is 1. The molecule has 1 aliphatic heterocycles. The number of hydrogen-bond acceptors (Lipinski definition) is 4. The van der Waals surface area contributed by atoms with Crippen LogP contribution in [0.15, 0.2) is 60.7 Å². The minimum Gasteiger partial charge on any atom is -0.493 e. The van der Waals surface area contributed by atoms with Crippen molar-refractivity contribution in [1.82, 2.24) is 10.2 Å². The Bertz CT molecular complexity index is 1170. The van der Waals surface area contributed by atoms with Gasteiger partial charge in [-0.3, -0.25) is 9.69 Å². The molecular formula is C27H28ClFN2O3. The maximum Gasteiger partial charge on any atom is 0.253 e. The zero-order valence-corrected chi connectivity index (χ0v) is 20.2. The first-order valence-corrected chi connectivity index (χ1v) is 11.6. The number of benzene rings is 3. The van der Waals surface area contributed by atoms with Crippen LogP contribution in [0.5, 0.6) is 11.5 Å². The third-order valence-electron chi connectivity index (χ3n) is 6.28. The Labute approximate surface area is 204 Å². The molecule has 0 radical (unpaired) electrons. The van der Waals surface area contributed by atoms with Gasteiger partial charge in [0.15, 0.2) is 11.5 Å². The molecule has 1 heterocycles. The van der Waals surface area contributed by atoms with Crippen LogP contribution in [0.25, 0.3) is 0 Å². The molecule has 1 N–H and O–H groups in total. The van der Waals surface area contributed by atoms with E-state index in [-0.39, 0.29) is 23.8 Å². The number of hydrogen-bond donors (Lipinski definition) is 1. The van der Waals surface area contributed by atoms with Gasteiger partial charge in [0, 0.05) is 19.1 Å². The lowest BCUT2D eigenvalue weighted by atomic mass is 9.87. The summed E-state index contributed by atoms with van der Waals surface area (Å²) < 4.78 is 24.5. The molecule has 1 aliphatic rings. The maximum atomic E-state index is 13.5. The summed E-state index contributed by atoms with van der Waals surface area (Å²) in [4.78, 5) is 15.4. The Kier molecular flexibility index (Phi) is 7.39. The summed E-state index contributed by atoms with van der Waals surface area (Å²) in [5, 5.41) is 3.55. The van der Waals surface area contributed by atoms with Crippen molar-refractivity contribution in [2.75, 3.05) is 20.8 Å². The van der Waals surface area contributed by atoms with Crippen LogP contribution in [0.4, 0.5) is 4.39 Å². The van der Waals surface area contributed by atoms with Gasteiger partial charge in [-0.1, -0.05) is 35.9 Å². The molecule has 0 saturated carbocycles. The predicted molar refractivity (Wildman–Crippen MR) is 131 cm³/mol.